The van der Waals surface area contributed by atoms with Crippen LogP contribution in [0.25, 0.3) is 0 Å². The van der Waals surface area contributed by atoms with Gasteiger partial charge in [0.05, 0.1) is 5.54 Å². The molecule has 1 N–H and O–H groups in total. The molecule has 0 aliphatic heterocycles. The summed E-state index contributed by atoms with van der Waals surface area (Å²) in [6, 6.07) is 0.336. The predicted octanol–water partition coefficient (Wildman–Crippen LogP) is 6.86. The van der Waals surface area contributed by atoms with Crippen molar-refractivity contribution in [1.29, 1.82) is 0 Å². The summed E-state index contributed by atoms with van der Waals surface area (Å²) in [4.78, 5) is 11.4. The Balaban J connectivity index is 1.56. The van der Waals surface area contributed by atoms with Crippen molar-refractivity contribution in [3.8, 4) is 0 Å². The maximum Gasteiger partial charge on any atom is 0.129 e. The molecule has 0 spiro atoms. The van der Waals surface area contributed by atoms with E-state index >= 15 is 4.39 Å². The average Bonchev–Trinajstić information content (AvgIpc) is 2.99. The minimum absolute atomic E-state index is 0.0892. The Morgan fingerprint density at radius 3 is 2.50 bits per heavy atom. The average molecular weight is 420 g/mol. The van der Waals surface area contributed by atoms with E-state index in [4.69, 9.17) is 0 Å². The van der Waals surface area contributed by atoms with Gasteiger partial charge in [0, 0.05) is 12.5 Å². The van der Waals surface area contributed by atoms with Gasteiger partial charge in [-0.05, 0) is 112 Å². The van der Waals surface area contributed by atoms with Gasteiger partial charge >= 0.3 is 0 Å². The Kier molecular flexibility index (Phi) is 6.19. The molecule has 4 saturated carbocycles. The fraction of sp³-hybridized carbons (Fsp3) is 0.963. The number of halogens is 1. The molecule has 4 rings (SSSR count). The number of carbonyl (C=O) groups excluding carboxylic acids is 1. The van der Waals surface area contributed by atoms with Crippen LogP contribution < -0.4 is 5.32 Å². The molecule has 8 atom stereocenters. The third-order valence-corrected chi connectivity index (χ3v) is 10.7. The van der Waals surface area contributed by atoms with Crippen molar-refractivity contribution in [2.24, 2.45) is 34.5 Å². The lowest BCUT2D eigenvalue weighted by atomic mass is 9.42. The van der Waals surface area contributed by atoms with Crippen LogP contribution in [0.2, 0.25) is 0 Å². The van der Waals surface area contributed by atoms with Crippen molar-refractivity contribution in [1.82, 2.24) is 5.32 Å². The van der Waals surface area contributed by atoms with E-state index in [1.165, 1.54) is 44.9 Å². The van der Waals surface area contributed by atoms with Crippen molar-refractivity contribution in [2.75, 3.05) is 0 Å². The van der Waals surface area contributed by atoms with Crippen molar-refractivity contribution >= 4 is 5.78 Å². The van der Waals surface area contributed by atoms with Gasteiger partial charge in [0.15, 0.2) is 0 Å². The summed E-state index contributed by atoms with van der Waals surface area (Å²) in [6.45, 7) is 11.2. The summed E-state index contributed by atoms with van der Waals surface area (Å²) in [5, 5.41) is 3.83. The Labute approximate surface area is 184 Å². The van der Waals surface area contributed by atoms with Gasteiger partial charge in [0.25, 0.3) is 0 Å². The summed E-state index contributed by atoms with van der Waals surface area (Å²) >= 11 is 0. The lowest BCUT2D eigenvalue weighted by Crippen LogP contribution is -2.72. The molecule has 0 saturated heterocycles. The van der Waals surface area contributed by atoms with Crippen molar-refractivity contribution in [2.45, 2.75) is 129 Å². The minimum Gasteiger partial charge on any atom is -0.306 e. The number of Topliss-reactive ketones (excluding diaryl/α,β-unsaturated/α-hetero) is 1. The molecule has 2 nitrogen and oxygen atoms in total. The maximum absolute atomic E-state index is 15.7. The molecule has 0 aromatic heterocycles. The molecule has 0 aromatic carbocycles. The first-order chi connectivity index (χ1) is 14.1. The highest BCUT2D eigenvalue weighted by Gasteiger charge is 2.66. The monoisotopic (exact) mass is 419 g/mol. The number of alkyl halides is 1. The summed E-state index contributed by atoms with van der Waals surface area (Å²) in [7, 11) is 0. The Hall–Kier alpha value is -0.440. The Bertz CT molecular complexity index is 649. The number of fused-ring (bicyclic) bond motifs is 5. The van der Waals surface area contributed by atoms with Gasteiger partial charge in [-0.2, -0.15) is 0 Å². The van der Waals surface area contributed by atoms with Gasteiger partial charge in [-0.1, -0.05) is 27.7 Å². The SMILES string of the molecule is CC(=O)CCCC1CCC2C3CCC4(NC(C)C)C(F)CCCC4(C)C3CCC12C. The standard InChI is InChI=1S/C27H46FNO/c1-18(2)29-27-17-13-21-22-12-11-20(9-6-8-19(3)30)25(22,4)16-14-23(21)26(27,5)15-7-10-24(27)28/h18,20-24,29H,6-17H2,1-5H3. The number of hydrogen-bond acceptors (Lipinski definition) is 2. The van der Waals surface area contributed by atoms with Gasteiger partial charge in [-0.15, -0.1) is 0 Å². The van der Waals surface area contributed by atoms with Crippen molar-refractivity contribution in [3.05, 3.63) is 0 Å². The summed E-state index contributed by atoms with van der Waals surface area (Å²) in [5.74, 6) is 3.39. The van der Waals surface area contributed by atoms with Crippen LogP contribution in [0.1, 0.15) is 112 Å². The van der Waals surface area contributed by atoms with Crippen molar-refractivity contribution < 1.29 is 9.18 Å². The molecule has 0 radical (unpaired) electrons. The summed E-state index contributed by atoms with van der Waals surface area (Å²) in [6.07, 6.45) is 12.9. The number of carbonyl (C=O) groups is 1. The van der Waals surface area contributed by atoms with E-state index in [-0.39, 0.29) is 11.0 Å². The number of nitrogens with one attached hydrogen (secondary N) is 1. The molecule has 0 heterocycles. The van der Waals surface area contributed by atoms with Gasteiger partial charge in [-0.3, -0.25) is 0 Å². The smallest absolute Gasteiger partial charge is 0.129 e. The molecule has 8 unspecified atom stereocenters. The second-order valence-corrected chi connectivity index (χ2v) is 12.4. The number of ketones is 1. The minimum atomic E-state index is -0.698. The fourth-order valence-electron chi connectivity index (χ4n) is 9.33. The predicted molar refractivity (Wildman–Crippen MR) is 122 cm³/mol. The van der Waals surface area contributed by atoms with E-state index in [1.807, 2.05) is 0 Å². The zero-order valence-corrected chi connectivity index (χ0v) is 20.2. The number of rotatable bonds is 6. The normalized spacial score (nSPS) is 48.2. The van der Waals surface area contributed by atoms with E-state index in [0.29, 0.717) is 23.2 Å². The van der Waals surface area contributed by atoms with Crippen LogP contribution in [0.15, 0.2) is 0 Å². The zero-order chi connectivity index (χ0) is 21.7. The first-order valence-corrected chi connectivity index (χ1v) is 13.1. The second kappa shape index (κ2) is 8.16. The van der Waals surface area contributed by atoms with Gasteiger partial charge in [0.1, 0.15) is 12.0 Å². The molecule has 30 heavy (non-hydrogen) atoms. The lowest BCUT2D eigenvalue weighted by molar-refractivity contribution is -0.158. The molecule has 4 fully saturated rings. The first-order valence-electron chi connectivity index (χ1n) is 13.1. The van der Waals surface area contributed by atoms with Crippen LogP contribution in [0.5, 0.6) is 0 Å². The van der Waals surface area contributed by atoms with Crippen LogP contribution in [-0.2, 0) is 4.79 Å². The van der Waals surface area contributed by atoms with Crippen LogP contribution >= 0.6 is 0 Å². The summed E-state index contributed by atoms with van der Waals surface area (Å²) in [5.41, 5.74) is 0.225. The van der Waals surface area contributed by atoms with Gasteiger partial charge < -0.3 is 10.1 Å². The third kappa shape index (κ3) is 3.41. The highest BCUT2D eigenvalue weighted by molar-refractivity contribution is 5.75. The molecule has 0 aromatic rings. The Morgan fingerprint density at radius 1 is 1.03 bits per heavy atom. The Morgan fingerprint density at radius 2 is 1.80 bits per heavy atom. The first kappa shape index (κ1) is 22.7. The zero-order valence-electron chi connectivity index (χ0n) is 20.2. The van der Waals surface area contributed by atoms with Gasteiger partial charge in [-0.25, -0.2) is 4.39 Å². The van der Waals surface area contributed by atoms with E-state index in [1.54, 1.807) is 6.92 Å². The molecule has 172 valence electrons. The highest BCUT2D eigenvalue weighted by Crippen LogP contribution is 2.69. The lowest BCUT2D eigenvalue weighted by Gasteiger charge is -2.66. The second-order valence-electron chi connectivity index (χ2n) is 12.4. The van der Waals surface area contributed by atoms with Crippen molar-refractivity contribution in [3.63, 3.8) is 0 Å². The van der Waals surface area contributed by atoms with Crippen LogP contribution in [0.3, 0.4) is 0 Å². The molecular formula is C27H46FNO. The molecule has 4 aliphatic carbocycles. The number of hydrogen-bond donors (Lipinski definition) is 1. The highest BCUT2D eigenvalue weighted by atomic mass is 19.1. The molecule has 3 heteroatoms. The van der Waals surface area contributed by atoms with E-state index in [2.05, 4.69) is 33.0 Å². The molecule has 0 amide bonds. The molecular weight excluding hydrogens is 373 g/mol. The quantitative estimate of drug-likeness (QED) is 0.509. The van der Waals surface area contributed by atoms with Crippen LogP contribution in [0.4, 0.5) is 4.39 Å². The van der Waals surface area contributed by atoms with E-state index in [0.717, 1.165) is 49.9 Å². The topological polar surface area (TPSA) is 29.1 Å². The molecule has 4 aliphatic rings. The third-order valence-electron chi connectivity index (χ3n) is 10.7. The van der Waals surface area contributed by atoms with E-state index < -0.39 is 6.17 Å². The van der Waals surface area contributed by atoms with E-state index in [9.17, 15) is 4.79 Å². The van der Waals surface area contributed by atoms with Gasteiger partial charge in [0.2, 0.25) is 0 Å². The van der Waals surface area contributed by atoms with Crippen LogP contribution in [0, 0.1) is 34.5 Å². The largest absolute Gasteiger partial charge is 0.306 e. The fourth-order valence-corrected chi connectivity index (χ4v) is 9.33. The van der Waals surface area contributed by atoms with Crippen LogP contribution in [-0.4, -0.2) is 23.5 Å². The maximum atomic E-state index is 15.7. The summed E-state index contributed by atoms with van der Waals surface area (Å²) < 4.78 is 15.7. The molecule has 0 bridgehead atoms.